The molecule has 2 aromatic rings. The maximum Gasteiger partial charge on any atom is 0.191 e. The molecule has 0 bridgehead atoms. The van der Waals surface area contributed by atoms with E-state index in [1.807, 2.05) is 19.1 Å². The molecule has 0 radical (unpaired) electrons. The summed E-state index contributed by atoms with van der Waals surface area (Å²) in [6, 6.07) is 5.50. The van der Waals surface area contributed by atoms with Gasteiger partial charge >= 0.3 is 0 Å². The lowest BCUT2D eigenvalue weighted by molar-refractivity contribution is 0.358. The number of hydrogen-bond donors (Lipinski definition) is 2. The van der Waals surface area contributed by atoms with E-state index in [-0.39, 0.29) is 24.0 Å². The summed E-state index contributed by atoms with van der Waals surface area (Å²) in [5.74, 6) is 3.37. The first kappa shape index (κ1) is 21.2. The maximum absolute atomic E-state index is 6.21. The minimum absolute atomic E-state index is 0. The number of aliphatic imine (C=N–C) groups is 1. The maximum atomic E-state index is 6.21. The minimum Gasteiger partial charge on any atom is -0.356 e. The Labute approximate surface area is 180 Å². The van der Waals surface area contributed by atoms with Crippen LogP contribution in [0.1, 0.15) is 23.6 Å². The Hall–Kier alpha value is -1.06. The van der Waals surface area contributed by atoms with Gasteiger partial charge in [0.2, 0.25) is 0 Å². The second kappa shape index (κ2) is 9.75. The lowest BCUT2D eigenvalue weighted by atomic mass is 9.99. The SMILES string of the molecule is CN=C(NCc1ccc(Cl)cc1Cl)NCC1CCc2nnc(C)n2C1.I. The van der Waals surface area contributed by atoms with Crippen molar-refractivity contribution in [1.29, 1.82) is 0 Å². The smallest absolute Gasteiger partial charge is 0.191 e. The molecule has 2 heterocycles. The van der Waals surface area contributed by atoms with Gasteiger partial charge in [0.15, 0.2) is 5.96 Å². The molecule has 1 atom stereocenters. The number of fused-ring (bicyclic) bond motifs is 1. The number of nitrogens with one attached hydrogen (secondary N) is 2. The van der Waals surface area contributed by atoms with Crippen molar-refractivity contribution in [1.82, 2.24) is 25.4 Å². The van der Waals surface area contributed by atoms with E-state index in [2.05, 4.69) is 30.4 Å². The second-order valence-corrected chi connectivity index (χ2v) is 7.06. The summed E-state index contributed by atoms with van der Waals surface area (Å²) in [5, 5.41) is 16.3. The molecule has 6 nitrogen and oxygen atoms in total. The van der Waals surface area contributed by atoms with Crippen molar-refractivity contribution < 1.29 is 0 Å². The summed E-state index contributed by atoms with van der Waals surface area (Å²) in [4.78, 5) is 4.28. The van der Waals surface area contributed by atoms with Crippen LogP contribution in [0.2, 0.25) is 10.0 Å². The molecule has 142 valence electrons. The first-order valence-corrected chi connectivity index (χ1v) is 9.09. The topological polar surface area (TPSA) is 67.1 Å². The molecule has 1 unspecified atom stereocenters. The highest BCUT2D eigenvalue weighted by Gasteiger charge is 2.21. The quantitative estimate of drug-likeness (QED) is 0.377. The first-order chi connectivity index (χ1) is 12.1. The zero-order valence-corrected chi connectivity index (χ0v) is 18.6. The van der Waals surface area contributed by atoms with Crippen molar-refractivity contribution in [3.8, 4) is 0 Å². The third-order valence-corrected chi connectivity index (χ3v) is 5.06. The summed E-state index contributed by atoms with van der Waals surface area (Å²) < 4.78 is 2.21. The average Bonchev–Trinajstić information content (AvgIpc) is 2.97. The summed E-state index contributed by atoms with van der Waals surface area (Å²) in [5.41, 5.74) is 0.983. The van der Waals surface area contributed by atoms with Crippen LogP contribution >= 0.6 is 47.2 Å². The molecule has 26 heavy (non-hydrogen) atoms. The van der Waals surface area contributed by atoms with Gasteiger partial charge in [0.05, 0.1) is 0 Å². The number of aromatic nitrogens is 3. The van der Waals surface area contributed by atoms with Gasteiger partial charge in [-0.2, -0.15) is 0 Å². The van der Waals surface area contributed by atoms with Crippen molar-refractivity contribution in [2.45, 2.75) is 32.9 Å². The van der Waals surface area contributed by atoms with Crippen LogP contribution < -0.4 is 10.6 Å². The van der Waals surface area contributed by atoms with E-state index in [1.165, 1.54) is 0 Å². The molecule has 0 spiro atoms. The number of benzene rings is 1. The van der Waals surface area contributed by atoms with Gasteiger partial charge in [-0.1, -0.05) is 29.3 Å². The molecular weight excluding hydrogens is 486 g/mol. The molecule has 0 saturated carbocycles. The van der Waals surface area contributed by atoms with Gasteiger partial charge in [-0.25, -0.2) is 0 Å². The van der Waals surface area contributed by atoms with E-state index in [1.54, 1.807) is 13.1 Å². The van der Waals surface area contributed by atoms with Crippen LogP contribution in [0.15, 0.2) is 23.2 Å². The van der Waals surface area contributed by atoms with Gasteiger partial charge in [0.1, 0.15) is 11.6 Å². The lowest BCUT2D eigenvalue weighted by Gasteiger charge is -2.25. The molecule has 1 aromatic heterocycles. The second-order valence-electron chi connectivity index (χ2n) is 6.22. The highest BCUT2D eigenvalue weighted by molar-refractivity contribution is 14.0. The highest BCUT2D eigenvalue weighted by atomic mass is 127. The van der Waals surface area contributed by atoms with Crippen LogP contribution in [0, 0.1) is 12.8 Å². The van der Waals surface area contributed by atoms with Crippen LogP contribution in [0.4, 0.5) is 0 Å². The van der Waals surface area contributed by atoms with Crippen LogP contribution in [0.25, 0.3) is 0 Å². The Balaban J connectivity index is 0.00000243. The van der Waals surface area contributed by atoms with Crippen molar-refractivity contribution in [2.75, 3.05) is 13.6 Å². The molecule has 3 rings (SSSR count). The fourth-order valence-electron chi connectivity index (χ4n) is 3.00. The molecule has 0 saturated heterocycles. The van der Waals surface area contributed by atoms with Crippen molar-refractivity contribution >= 4 is 53.1 Å². The monoisotopic (exact) mass is 508 g/mol. The molecule has 0 amide bonds. The number of nitrogens with zero attached hydrogens (tertiary/aromatic N) is 4. The molecule has 9 heteroatoms. The minimum atomic E-state index is 0. The Morgan fingerprint density at radius 1 is 1.31 bits per heavy atom. The Kier molecular flexibility index (Phi) is 7.97. The van der Waals surface area contributed by atoms with Crippen LogP contribution in [0.5, 0.6) is 0 Å². The van der Waals surface area contributed by atoms with E-state index >= 15 is 0 Å². The normalized spacial score (nSPS) is 16.6. The lowest BCUT2D eigenvalue weighted by Crippen LogP contribution is -2.41. The van der Waals surface area contributed by atoms with Gasteiger partial charge in [0, 0.05) is 43.1 Å². The Bertz CT molecular complexity index is 777. The summed E-state index contributed by atoms with van der Waals surface area (Å²) in [6.07, 6.45) is 2.07. The molecule has 2 N–H and O–H groups in total. The van der Waals surface area contributed by atoms with E-state index in [0.717, 1.165) is 49.1 Å². The summed E-state index contributed by atoms with van der Waals surface area (Å²) in [6.45, 7) is 4.39. The zero-order chi connectivity index (χ0) is 17.8. The molecule has 1 aromatic carbocycles. The fraction of sp³-hybridized carbons (Fsp3) is 0.471. The Morgan fingerprint density at radius 3 is 2.85 bits per heavy atom. The van der Waals surface area contributed by atoms with E-state index in [9.17, 15) is 0 Å². The number of rotatable bonds is 4. The van der Waals surface area contributed by atoms with Crippen molar-refractivity contribution in [3.63, 3.8) is 0 Å². The average molecular weight is 509 g/mol. The van der Waals surface area contributed by atoms with E-state index in [0.29, 0.717) is 22.5 Å². The summed E-state index contributed by atoms with van der Waals surface area (Å²) in [7, 11) is 1.77. The molecule has 0 fully saturated rings. The van der Waals surface area contributed by atoms with Crippen LogP contribution in [0.3, 0.4) is 0 Å². The third kappa shape index (κ3) is 5.23. The predicted octanol–water partition coefficient (Wildman–Crippen LogP) is 3.44. The van der Waals surface area contributed by atoms with E-state index in [4.69, 9.17) is 23.2 Å². The van der Waals surface area contributed by atoms with Crippen molar-refractivity contribution in [2.24, 2.45) is 10.9 Å². The van der Waals surface area contributed by atoms with Gasteiger partial charge in [0.25, 0.3) is 0 Å². The van der Waals surface area contributed by atoms with Gasteiger partial charge in [-0.3, -0.25) is 4.99 Å². The largest absolute Gasteiger partial charge is 0.356 e. The molecule has 0 aliphatic carbocycles. The van der Waals surface area contributed by atoms with Crippen LogP contribution in [-0.4, -0.2) is 34.3 Å². The summed E-state index contributed by atoms with van der Waals surface area (Å²) >= 11 is 12.1. The fourth-order valence-corrected chi connectivity index (χ4v) is 3.48. The number of hydrogen-bond acceptors (Lipinski definition) is 3. The van der Waals surface area contributed by atoms with Gasteiger partial charge in [-0.05, 0) is 37.0 Å². The first-order valence-electron chi connectivity index (χ1n) is 8.34. The number of aryl methyl sites for hydroxylation is 2. The third-order valence-electron chi connectivity index (χ3n) is 4.47. The zero-order valence-electron chi connectivity index (χ0n) is 14.8. The highest BCUT2D eigenvalue weighted by Crippen LogP contribution is 2.21. The molecule has 1 aliphatic heterocycles. The van der Waals surface area contributed by atoms with Crippen molar-refractivity contribution in [3.05, 3.63) is 45.5 Å². The van der Waals surface area contributed by atoms with E-state index < -0.39 is 0 Å². The Morgan fingerprint density at radius 2 is 2.12 bits per heavy atom. The predicted molar refractivity (Wildman–Crippen MR) is 117 cm³/mol. The molecular formula is C17H23Cl2IN6. The molecule has 1 aliphatic rings. The standard InChI is InChI=1S/C17H22Cl2N6.HI/c1-11-23-24-16-6-3-12(10-25(11)16)8-21-17(20-2)22-9-13-4-5-14(18)7-15(13)19;/h4-5,7,12H,3,6,8-10H2,1-2H3,(H2,20,21,22);1H. The van der Waals surface area contributed by atoms with Gasteiger partial charge < -0.3 is 15.2 Å². The van der Waals surface area contributed by atoms with Gasteiger partial charge in [-0.15, -0.1) is 34.2 Å². The van der Waals surface area contributed by atoms with Crippen LogP contribution in [-0.2, 0) is 19.5 Å². The number of halogens is 3. The number of guanidine groups is 1.